The normalized spacial score (nSPS) is 17.5. The number of benzene rings is 1. The number of aromatic nitrogens is 1. The predicted molar refractivity (Wildman–Crippen MR) is 110 cm³/mol. The molecule has 0 amide bonds. The van der Waals surface area contributed by atoms with E-state index in [4.69, 9.17) is 0 Å². The molecule has 2 N–H and O–H groups in total. The molecule has 1 unspecified atom stereocenters. The van der Waals surface area contributed by atoms with E-state index in [9.17, 15) is 18.3 Å². The first-order chi connectivity index (χ1) is 13.1. The Balaban J connectivity index is 1.83. The van der Waals surface area contributed by atoms with Crippen molar-refractivity contribution >= 4 is 33.2 Å². The summed E-state index contributed by atoms with van der Waals surface area (Å²) in [6.45, 7) is 6.10. The maximum atomic E-state index is 11.7. The maximum Gasteiger partial charge on any atom is 0.339 e. The summed E-state index contributed by atoms with van der Waals surface area (Å²) < 4.78 is 25.1. The number of carboxylic acid groups (broad SMARTS) is 1. The van der Waals surface area contributed by atoms with Crippen LogP contribution in [0.2, 0.25) is 0 Å². The molecule has 1 aliphatic heterocycles. The Bertz CT molecular complexity index is 993. The van der Waals surface area contributed by atoms with Gasteiger partial charge in [0.15, 0.2) is 0 Å². The van der Waals surface area contributed by atoms with E-state index in [-0.39, 0.29) is 17.3 Å². The summed E-state index contributed by atoms with van der Waals surface area (Å²) in [7, 11) is -3.51. The van der Waals surface area contributed by atoms with E-state index in [2.05, 4.69) is 46.7 Å². The topological polar surface area (TPSA) is 103 Å². The molecule has 1 atom stereocenters. The summed E-state index contributed by atoms with van der Waals surface area (Å²) in [6, 6.07) is 9.77. The number of hydrogen-bond acceptors (Lipinski definition) is 6. The second-order valence-corrected chi connectivity index (χ2v) is 8.85. The molecule has 0 bridgehead atoms. The third-order valence-electron chi connectivity index (χ3n) is 4.66. The third kappa shape index (κ3) is 4.53. The van der Waals surface area contributed by atoms with Crippen LogP contribution >= 0.6 is 0 Å². The van der Waals surface area contributed by atoms with E-state index in [1.807, 2.05) is 11.0 Å². The Morgan fingerprint density at radius 1 is 1.29 bits per heavy atom. The van der Waals surface area contributed by atoms with Crippen molar-refractivity contribution in [3.63, 3.8) is 0 Å². The van der Waals surface area contributed by atoms with Crippen molar-refractivity contribution in [3.8, 4) is 0 Å². The number of sulfonamides is 1. The average molecular weight is 404 g/mol. The summed E-state index contributed by atoms with van der Waals surface area (Å²) in [6.07, 6.45) is 2.36. The largest absolute Gasteiger partial charge is 0.478 e. The number of pyridine rings is 1. The van der Waals surface area contributed by atoms with Crippen LogP contribution in [0.5, 0.6) is 0 Å². The van der Waals surface area contributed by atoms with Gasteiger partial charge in [0.05, 0.1) is 18.1 Å². The summed E-state index contributed by atoms with van der Waals surface area (Å²) >= 11 is 0. The Morgan fingerprint density at radius 3 is 2.64 bits per heavy atom. The first kappa shape index (κ1) is 19.9. The van der Waals surface area contributed by atoms with Crippen molar-refractivity contribution in [1.29, 1.82) is 0 Å². The lowest BCUT2D eigenvalue weighted by Gasteiger charge is -2.42. The molecule has 1 aliphatic rings. The zero-order valence-electron chi connectivity index (χ0n) is 16.1. The van der Waals surface area contributed by atoms with Crippen LogP contribution in [0.4, 0.5) is 17.2 Å². The van der Waals surface area contributed by atoms with Gasteiger partial charge < -0.3 is 14.9 Å². The summed E-state index contributed by atoms with van der Waals surface area (Å²) in [5.74, 6) is -0.796. The van der Waals surface area contributed by atoms with E-state index in [1.54, 1.807) is 0 Å². The van der Waals surface area contributed by atoms with Gasteiger partial charge in [-0.25, -0.2) is 18.2 Å². The van der Waals surface area contributed by atoms with Gasteiger partial charge in [-0.05, 0) is 37.6 Å². The molecule has 0 radical (unpaired) electrons. The van der Waals surface area contributed by atoms with E-state index in [0.29, 0.717) is 18.9 Å². The zero-order valence-corrected chi connectivity index (χ0v) is 16.9. The van der Waals surface area contributed by atoms with Gasteiger partial charge in [0, 0.05) is 31.4 Å². The molecule has 0 saturated carbocycles. The van der Waals surface area contributed by atoms with Gasteiger partial charge >= 0.3 is 5.97 Å². The average Bonchev–Trinajstić information content (AvgIpc) is 2.60. The van der Waals surface area contributed by atoms with E-state index in [1.165, 1.54) is 17.8 Å². The highest BCUT2D eigenvalue weighted by Crippen LogP contribution is 2.27. The molecule has 1 aromatic carbocycles. The van der Waals surface area contributed by atoms with Gasteiger partial charge in [0.2, 0.25) is 10.0 Å². The fourth-order valence-corrected chi connectivity index (χ4v) is 4.02. The highest BCUT2D eigenvalue weighted by atomic mass is 32.2. The van der Waals surface area contributed by atoms with Crippen LogP contribution < -0.4 is 14.5 Å². The lowest BCUT2D eigenvalue weighted by atomic mass is 10.1. The van der Waals surface area contributed by atoms with Gasteiger partial charge in [-0.2, -0.15) is 0 Å². The van der Waals surface area contributed by atoms with Crippen LogP contribution in [0.15, 0.2) is 36.5 Å². The Labute approximate surface area is 164 Å². The molecule has 0 aliphatic carbocycles. The van der Waals surface area contributed by atoms with Crippen molar-refractivity contribution in [3.05, 3.63) is 47.7 Å². The number of hydrogen-bond donors (Lipinski definition) is 2. The third-order valence-corrected chi connectivity index (χ3v) is 5.27. The molecule has 28 heavy (non-hydrogen) atoms. The quantitative estimate of drug-likeness (QED) is 0.787. The van der Waals surface area contributed by atoms with Gasteiger partial charge in [0.25, 0.3) is 0 Å². The van der Waals surface area contributed by atoms with Gasteiger partial charge in [-0.1, -0.05) is 12.1 Å². The van der Waals surface area contributed by atoms with Gasteiger partial charge in [-0.15, -0.1) is 0 Å². The molecule has 3 rings (SSSR count). The van der Waals surface area contributed by atoms with Gasteiger partial charge in [0.1, 0.15) is 11.4 Å². The molecule has 0 spiro atoms. The van der Waals surface area contributed by atoms with E-state index >= 15 is 0 Å². The van der Waals surface area contributed by atoms with Crippen molar-refractivity contribution in [1.82, 2.24) is 4.98 Å². The SMILES string of the molecule is Cc1cccc(N2CCN(c3ncc(NS(C)(=O)=O)cc3C(=O)O)CC2C)c1. The van der Waals surface area contributed by atoms with E-state index < -0.39 is 16.0 Å². The first-order valence-electron chi connectivity index (χ1n) is 8.93. The molecule has 8 nitrogen and oxygen atoms in total. The maximum absolute atomic E-state index is 11.7. The van der Waals surface area contributed by atoms with E-state index in [0.717, 1.165) is 18.5 Å². The van der Waals surface area contributed by atoms with Crippen LogP contribution in [0, 0.1) is 6.92 Å². The van der Waals surface area contributed by atoms with Crippen LogP contribution in [-0.4, -0.2) is 56.4 Å². The molecule has 2 heterocycles. The van der Waals surface area contributed by atoms with Crippen molar-refractivity contribution < 1.29 is 18.3 Å². The molecule has 9 heteroatoms. The minimum absolute atomic E-state index is 0.0233. The van der Waals surface area contributed by atoms with Crippen LogP contribution in [0.3, 0.4) is 0 Å². The van der Waals surface area contributed by atoms with Crippen molar-refractivity contribution in [2.75, 3.05) is 40.4 Å². The molecule has 1 saturated heterocycles. The number of carbonyl (C=O) groups is 1. The minimum Gasteiger partial charge on any atom is -0.478 e. The lowest BCUT2D eigenvalue weighted by Crippen LogP contribution is -2.52. The second kappa shape index (κ2) is 7.67. The number of carboxylic acids is 1. The highest BCUT2D eigenvalue weighted by Gasteiger charge is 2.28. The molecule has 2 aromatic rings. The monoisotopic (exact) mass is 404 g/mol. The van der Waals surface area contributed by atoms with Crippen LogP contribution in [0.1, 0.15) is 22.8 Å². The number of rotatable bonds is 5. The van der Waals surface area contributed by atoms with Crippen LogP contribution in [-0.2, 0) is 10.0 Å². The Morgan fingerprint density at radius 2 is 2.04 bits per heavy atom. The Kier molecular flexibility index (Phi) is 5.46. The number of nitrogens with one attached hydrogen (secondary N) is 1. The smallest absolute Gasteiger partial charge is 0.339 e. The second-order valence-electron chi connectivity index (χ2n) is 7.10. The van der Waals surface area contributed by atoms with Crippen LogP contribution in [0.25, 0.3) is 0 Å². The summed E-state index contributed by atoms with van der Waals surface area (Å²) in [5, 5.41) is 9.59. The highest BCUT2D eigenvalue weighted by molar-refractivity contribution is 7.92. The number of piperazine rings is 1. The molecular weight excluding hydrogens is 380 g/mol. The van der Waals surface area contributed by atoms with Crippen molar-refractivity contribution in [2.24, 2.45) is 0 Å². The predicted octanol–water partition coefficient (Wildman–Crippen LogP) is 2.17. The standard InChI is InChI=1S/C19H24N4O4S/c1-13-5-4-6-16(9-13)23-8-7-22(12-14(23)2)18-17(19(24)25)10-15(11-20-18)21-28(3,26)27/h4-6,9-11,14,21H,7-8,12H2,1-3H3,(H,24,25). The number of anilines is 3. The zero-order chi connectivity index (χ0) is 20.5. The molecule has 1 fully saturated rings. The van der Waals surface area contributed by atoms with Gasteiger partial charge in [-0.3, -0.25) is 4.72 Å². The molecular formula is C19H24N4O4S. The fraction of sp³-hybridized carbons (Fsp3) is 0.368. The number of aromatic carboxylic acids is 1. The fourth-order valence-electron chi connectivity index (χ4n) is 3.48. The molecule has 1 aromatic heterocycles. The summed E-state index contributed by atoms with van der Waals surface area (Å²) in [4.78, 5) is 20.2. The minimum atomic E-state index is -3.51. The Hall–Kier alpha value is -2.81. The number of nitrogens with zero attached hydrogens (tertiary/aromatic N) is 3. The summed E-state index contributed by atoms with van der Waals surface area (Å²) in [5.41, 5.74) is 2.45. The van der Waals surface area contributed by atoms with Crippen molar-refractivity contribution in [2.45, 2.75) is 19.9 Å². The lowest BCUT2D eigenvalue weighted by molar-refractivity contribution is 0.0697. The molecule has 150 valence electrons. The number of aryl methyl sites for hydroxylation is 1. The first-order valence-corrected chi connectivity index (χ1v) is 10.8.